The lowest BCUT2D eigenvalue weighted by Gasteiger charge is -2.23. The number of benzene rings is 2. The van der Waals surface area contributed by atoms with E-state index in [1.54, 1.807) is 0 Å². The van der Waals surface area contributed by atoms with Crippen LogP contribution in [0.5, 0.6) is 23.5 Å². The van der Waals surface area contributed by atoms with Crippen LogP contribution in [0.25, 0.3) is 0 Å². The second kappa shape index (κ2) is 14.6. The summed E-state index contributed by atoms with van der Waals surface area (Å²) in [6.45, 7) is 14.6. The number of aryl methyl sites for hydroxylation is 4. The number of hydrogen-bond acceptors (Lipinski definition) is 6. The SMILES string of the molecule is CCCCCCN(CCCCCC)c1nc(Oc2ccc(C)c(C)c2)nc(Oc2ccc(C)c(C)c2)n1. The molecule has 0 radical (unpaired) electrons. The largest absolute Gasteiger partial charge is 0.424 e. The van der Waals surface area contributed by atoms with Crippen molar-refractivity contribution in [2.24, 2.45) is 0 Å². The van der Waals surface area contributed by atoms with Crippen molar-refractivity contribution in [2.45, 2.75) is 92.9 Å². The molecule has 0 aliphatic rings. The van der Waals surface area contributed by atoms with E-state index in [1.165, 1.54) is 49.7 Å². The minimum absolute atomic E-state index is 0.249. The molecular formula is C31H44N4O2. The molecule has 0 spiro atoms. The van der Waals surface area contributed by atoms with Crippen molar-refractivity contribution >= 4 is 5.95 Å². The Hall–Kier alpha value is -3.15. The van der Waals surface area contributed by atoms with Crippen LogP contribution in [-0.4, -0.2) is 28.0 Å². The minimum Gasteiger partial charge on any atom is -0.424 e. The third-order valence-corrected chi connectivity index (χ3v) is 6.80. The van der Waals surface area contributed by atoms with Gasteiger partial charge in [0, 0.05) is 13.1 Å². The molecule has 1 heterocycles. The Morgan fingerprint density at radius 3 is 1.43 bits per heavy atom. The zero-order chi connectivity index (χ0) is 26.6. The molecule has 3 aromatic rings. The molecule has 0 saturated heterocycles. The lowest BCUT2D eigenvalue weighted by atomic mass is 10.1. The summed E-state index contributed by atoms with van der Waals surface area (Å²) in [7, 11) is 0. The highest BCUT2D eigenvalue weighted by molar-refractivity contribution is 5.39. The number of unbranched alkanes of at least 4 members (excludes halogenated alkanes) is 6. The van der Waals surface area contributed by atoms with Crippen molar-refractivity contribution in [3.63, 3.8) is 0 Å². The van der Waals surface area contributed by atoms with Gasteiger partial charge >= 0.3 is 12.0 Å². The zero-order valence-corrected chi connectivity index (χ0v) is 23.6. The van der Waals surface area contributed by atoms with E-state index >= 15 is 0 Å². The van der Waals surface area contributed by atoms with Gasteiger partial charge in [-0.05, 0) is 87.1 Å². The van der Waals surface area contributed by atoms with Crippen LogP contribution in [0.4, 0.5) is 5.95 Å². The van der Waals surface area contributed by atoms with Crippen molar-refractivity contribution in [1.82, 2.24) is 15.0 Å². The monoisotopic (exact) mass is 504 g/mol. The number of ether oxygens (including phenoxy) is 2. The van der Waals surface area contributed by atoms with Crippen LogP contribution in [0, 0.1) is 27.7 Å². The van der Waals surface area contributed by atoms with E-state index < -0.39 is 0 Å². The van der Waals surface area contributed by atoms with Crippen LogP contribution >= 0.6 is 0 Å². The molecule has 0 bridgehead atoms. The van der Waals surface area contributed by atoms with Gasteiger partial charge in [0.1, 0.15) is 11.5 Å². The molecule has 0 aliphatic carbocycles. The van der Waals surface area contributed by atoms with Gasteiger partial charge in [0.05, 0.1) is 0 Å². The molecule has 2 aromatic carbocycles. The van der Waals surface area contributed by atoms with Gasteiger partial charge in [-0.2, -0.15) is 9.97 Å². The summed E-state index contributed by atoms with van der Waals surface area (Å²) in [5, 5.41) is 0. The Morgan fingerprint density at radius 1 is 0.568 bits per heavy atom. The molecule has 0 amide bonds. The van der Waals surface area contributed by atoms with Crippen LogP contribution in [0.3, 0.4) is 0 Å². The van der Waals surface area contributed by atoms with E-state index in [9.17, 15) is 0 Å². The van der Waals surface area contributed by atoms with Crippen LogP contribution < -0.4 is 14.4 Å². The molecule has 6 nitrogen and oxygen atoms in total. The van der Waals surface area contributed by atoms with Crippen LogP contribution in [0.15, 0.2) is 36.4 Å². The Balaban J connectivity index is 1.92. The maximum Gasteiger partial charge on any atom is 0.330 e. The molecule has 0 saturated carbocycles. The highest BCUT2D eigenvalue weighted by Gasteiger charge is 2.17. The number of anilines is 1. The highest BCUT2D eigenvalue weighted by atomic mass is 16.5. The van der Waals surface area contributed by atoms with Gasteiger partial charge in [-0.15, -0.1) is 4.98 Å². The van der Waals surface area contributed by atoms with E-state index in [2.05, 4.69) is 51.4 Å². The number of rotatable bonds is 15. The predicted octanol–water partition coefficient (Wildman–Crippen LogP) is 8.66. The standard InChI is InChI=1S/C31H44N4O2/c1-7-9-11-13-19-35(20-14-12-10-8-2)29-32-30(36-27-17-15-23(3)25(5)21-27)34-31(33-29)37-28-18-16-24(4)26(6)22-28/h15-18,21-22H,7-14,19-20H2,1-6H3. The normalized spacial score (nSPS) is 11.0. The molecule has 0 unspecified atom stereocenters. The maximum atomic E-state index is 6.14. The lowest BCUT2D eigenvalue weighted by molar-refractivity contribution is 0.396. The molecule has 0 fully saturated rings. The first-order valence-electron chi connectivity index (χ1n) is 13.9. The quantitative estimate of drug-likeness (QED) is 0.193. The number of hydrogen-bond donors (Lipinski definition) is 0. The third kappa shape index (κ3) is 9.03. The first-order chi connectivity index (χ1) is 17.9. The Labute approximate surface area is 223 Å². The van der Waals surface area contributed by atoms with E-state index in [1.807, 2.05) is 36.4 Å². The zero-order valence-electron chi connectivity index (χ0n) is 23.6. The molecule has 0 aliphatic heterocycles. The van der Waals surface area contributed by atoms with Gasteiger partial charge in [-0.1, -0.05) is 64.5 Å². The van der Waals surface area contributed by atoms with Crippen molar-refractivity contribution in [3.8, 4) is 23.5 Å². The summed E-state index contributed by atoms with van der Waals surface area (Å²) < 4.78 is 12.3. The fraction of sp³-hybridized carbons (Fsp3) is 0.516. The Kier molecular flexibility index (Phi) is 11.2. The van der Waals surface area contributed by atoms with Gasteiger partial charge in [0.2, 0.25) is 5.95 Å². The summed E-state index contributed by atoms with van der Waals surface area (Å²) in [6, 6.07) is 12.5. The first kappa shape index (κ1) is 28.4. The second-order valence-electron chi connectivity index (χ2n) is 10.0. The molecule has 0 atom stereocenters. The molecule has 6 heteroatoms. The smallest absolute Gasteiger partial charge is 0.330 e. The van der Waals surface area contributed by atoms with Crippen molar-refractivity contribution in [2.75, 3.05) is 18.0 Å². The molecule has 3 rings (SSSR count). The second-order valence-corrected chi connectivity index (χ2v) is 10.0. The first-order valence-corrected chi connectivity index (χ1v) is 13.9. The fourth-order valence-electron chi connectivity index (χ4n) is 4.10. The minimum atomic E-state index is 0.249. The number of aromatic nitrogens is 3. The summed E-state index contributed by atoms with van der Waals surface area (Å²) in [4.78, 5) is 16.3. The van der Waals surface area contributed by atoms with E-state index in [0.717, 1.165) is 37.1 Å². The van der Waals surface area contributed by atoms with Crippen LogP contribution in [-0.2, 0) is 0 Å². The van der Waals surface area contributed by atoms with Crippen LogP contribution in [0.1, 0.15) is 87.5 Å². The summed E-state index contributed by atoms with van der Waals surface area (Å²) >= 11 is 0. The highest BCUT2D eigenvalue weighted by Crippen LogP contribution is 2.27. The van der Waals surface area contributed by atoms with Gasteiger partial charge in [0.25, 0.3) is 0 Å². The molecule has 200 valence electrons. The average Bonchev–Trinajstić information content (AvgIpc) is 2.87. The molecule has 0 N–H and O–H groups in total. The fourth-order valence-corrected chi connectivity index (χ4v) is 4.10. The summed E-state index contributed by atoms with van der Waals surface area (Å²) in [6.07, 6.45) is 9.51. The van der Waals surface area contributed by atoms with Gasteiger partial charge in [0.15, 0.2) is 0 Å². The van der Waals surface area contributed by atoms with E-state index in [4.69, 9.17) is 19.4 Å². The Bertz CT molecular complexity index is 1050. The van der Waals surface area contributed by atoms with Gasteiger partial charge < -0.3 is 14.4 Å². The van der Waals surface area contributed by atoms with E-state index in [0.29, 0.717) is 17.4 Å². The number of nitrogens with zero attached hydrogens (tertiary/aromatic N) is 4. The summed E-state index contributed by atoms with van der Waals surface area (Å²) in [5.74, 6) is 2.02. The third-order valence-electron chi connectivity index (χ3n) is 6.80. The van der Waals surface area contributed by atoms with Crippen molar-refractivity contribution in [1.29, 1.82) is 0 Å². The van der Waals surface area contributed by atoms with Gasteiger partial charge in [-0.3, -0.25) is 0 Å². The summed E-state index contributed by atoms with van der Waals surface area (Å²) in [5.41, 5.74) is 4.75. The maximum absolute atomic E-state index is 6.14. The van der Waals surface area contributed by atoms with Crippen molar-refractivity contribution in [3.05, 3.63) is 58.7 Å². The average molecular weight is 505 g/mol. The molecular weight excluding hydrogens is 460 g/mol. The van der Waals surface area contributed by atoms with Crippen molar-refractivity contribution < 1.29 is 9.47 Å². The predicted molar refractivity (Wildman–Crippen MR) is 152 cm³/mol. The van der Waals surface area contributed by atoms with Gasteiger partial charge in [-0.25, -0.2) is 0 Å². The molecule has 1 aromatic heterocycles. The molecule has 37 heavy (non-hydrogen) atoms. The van der Waals surface area contributed by atoms with Crippen LogP contribution in [0.2, 0.25) is 0 Å². The lowest BCUT2D eigenvalue weighted by Crippen LogP contribution is -2.28. The van der Waals surface area contributed by atoms with E-state index in [-0.39, 0.29) is 12.0 Å². The topological polar surface area (TPSA) is 60.4 Å². The Morgan fingerprint density at radius 2 is 1.03 bits per heavy atom.